The summed E-state index contributed by atoms with van der Waals surface area (Å²) in [6.45, 7) is 0. The molecule has 0 saturated heterocycles. The van der Waals surface area contributed by atoms with E-state index in [-0.39, 0.29) is 12.8 Å². The fraction of sp³-hybridized carbons (Fsp3) is 0.417. The van der Waals surface area contributed by atoms with Gasteiger partial charge in [-0.3, -0.25) is 14.9 Å². The molecule has 2 rings (SSSR count). The van der Waals surface area contributed by atoms with Gasteiger partial charge in [0, 0.05) is 12.5 Å². The van der Waals surface area contributed by atoms with Gasteiger partial charge in [-0.2, -0.15) is 0 Å². The molecule has 1 aliphatic rings. The second kappa shape index (κ2) is 5.04. The molecule has 1 saturated carbocycles. The van der Waals surface area contributed by atoms with Gasteiger partial charge in [0.05, 0.1) is 4.92 Å². The number of hydrogen-bond donors (Lipinski definition) is 2. The lowest BCUT2D eigenvalue weighted by Crippen LogP contribution is -2.46. The van der Waals surface area contributed by atoms with Crippen molar-refractivity contribution in [3.05, 3.63) is 34.1 Å². The van der Waals surface area contributed by atoms with Crippen molar-refractivity contribution < 1.29 is 24.0 Å². The molecule has 0 aromatic heterocycles. The van der Waals surface area contributed by atoms with Crippen LogP contribution in [0.25, 0.3) is 0 Å². The molecule has 1 aromatic carbocycles. The van der Waals surface area contributed by atoms with Gasteiger partial charge in [-0.1, -0.05) is 6.07 Å². The molecule has 0 amide bonds. The van der Waals surface area contributed by atoms with Gasteiger partial charge in [-0.05, 0) is 18.9 Å². The summed E-state index contributed by atoms with van der Waals surface area (Å²) in [5, 5.41) is 19.8. The predicted molar refractivity (Wildman–Crippen MR) is 65.9 cm³/mol. The smallest absolute Gasteiger partial charge is 0.323 e. The molecule has 8 heteroatoms. The zero-order valence-corrected chi connectivity index (χ0v) is 10.4. The van der Waals surface area contributed by atoms with Crippen molar-refractivity contribution in [3.8, 4) is 5.75 Å². The van der Waals surface area contributed by atoms with Gasteiger partial charge in [0.15, 0.2) is 5.82 Å². The Morgan fingerprint density at radius 1 is 1.60 bits per heavy atom. The van der Waals surface area contributed by atoms with Crippen LogP contribution in [0.1, 0.15) is 19.3 Å². The molecule has 2 atom stereocenters. The van der Waals surface area contributed by atoms with E-state index in [4.69, 9.17) is 15.6 Å². The number of carboxylic acid groups (broad SMARTS) is 1. The van der Waals surface area contributed by atoms with E-state index in [1.165, 1.54) is 6.07 Å². The predicted octanol–water partition coefficient (Wildman–Crippen LogP) is 1.45. The summed E-state index contributed by atoms with van der Waals surface area (Å²) in [5.41, 5.74) is 3.76. The summed E-state index contributed by atoms with van der Waals surface area (Å²) < 4.78 is 18.9. The lowest BCUT2D eigenvalue weighted by atomic mass is 10.00. The van der Waals surface area contributed by atoms with E-state index < -0.39 is 39.8 Å². The highest BCUT2D eigenvalue weighted by Crippen LogP contribution is 2.36. The molecule has 0 aliphatic heterocycles. The standard InChI is InChI=1S/C12H13FN2O5/c13-8-2-1-3-9(15(18)19)10(8)20-7-4-5-12(14,6-7)11(16)17/h1-3,7H,4-6,14H2,(H,16,17). The Kier molecular flexibility index (Phi) is 3.58. The fourth-order valence-electron chi connectivity index (χ4n) is 2.25. The minimum absolute atomic E-state index is 0.0200. The normalized spacial score (nSPS) is 25.4. The van der Waals surface area contributed by atoms with Crippen molar-refractivity contribution in [2.75, 3.05) is 0 Å². The lowest BCUT2D eigenvalue weighted by Gasteiger charge is -2.18. The third-order valence-corrected chi connectivity index (χ3v) is 3.36. The van der Waals surface area contributed by atoms with Gasteiger partial charge in [0.2, 0.25) is 5.75 Å². The molecule has 0 radical (unpaired) electrons. The van der Waals surface area contributed by atoms with Crippen molar-refractivity contribution in [1.82, 2.24) is 0 Å². The largest absolute Gasteiger partial charge is 0.481 e. The van der Waals surface area contributed by atoms with Crippen LogP contribution in [0.15, 0.2) is 18.2 Å². The zero-order valence-electron chi connectivity index (χ0n) is 10.4. The molecule has 2 unspecified atom stereocenters. The maximum atomic E-state index is 13.6. The van der Waals surface area contributed by atoms with Crippen LogP contribution in [0.3, 0.4) is 0 Å². The van der Waals surface area contributed by atoms with E-state index in [2.05, 4.69) is 0 Å². The van der Waals surface area contributed by atoms with Crippen molar-refractivity contribution in [2.45, 2.75) is 30.9 Å². The van der Waals surface area contributed by atoms with E-state index in [1.54, 1.807) is 0 Å². The number of rotatable bonds is 4. The topological polar surface area (TPSA) is 116 Å². The van der Waals surface area contributed by atoms with Crippen LogP contribution in [0.4, 0.5) is 10.1 Å². The Labute approximate surface area is 113 Å². The van der Waals surface area contributed by atoms with Crippen LogP contribution in [0.5, 0.6) is 5.75 Å². The second-order valence-electron chi connectivity index (χ2n) is 4.79. The summed E-state index contributed by atoms with van der Waals surface area (Å²) >= 11 is 0. The van der Waals surface area contributed by atoms with Gasteiger partial charge in [-0.15, -0.1) is 0 Å². The minimum atomic E-state index is -1.43. The molecular weight excluding hydrogens is 271 g/mol. The second-order valence-corrected chi connectivity index (χ2v) is 4.79. The van der Waals surface area contributed by atoms with Gasteiger partial charge in [0.25, 0.3) is 0 Å². The summed E-state index contributed by atoms with van der Waals surface area (Å²) in [7, 11) is 0. The van der Waals surface area contributed by atoms with Crippen LogP contribution >= 0.6 is 0 Å². The molecule has 0 spiro atoms. The molecule has 20 heavy (non-hydrogen) atoms. The van der Waals surface area contributed by atoms with E-state index >= 15 is 0 Å². The van der Waals surface area contributed by atoms with Crippen molar-refractivity contribution in [3.63, 3.8) is 0 Å². The van der Waals surface area contributed by atoms with Gasteiger partial charge in [-0.25, -0.2) is 4.39 Å². The fourth-order valence-corrected chi connectivity index (χ4v) is 2.25. The first-order valence-electron chi connectivity index (χ1n) is 5.95. The first kappa shape index (κ1) is 14.2. The zero-order chi connectivity index (χ0) is 14.9. The Morgan fingerprint density at radius 2 is 2.30 bits per heavy atom. The molecule has 1 aromatic rings. The summed E-state index contributed by atoms with van der Waals surface area (Å²) in [6.07, 6.45) is -0.205. The summed E-state index contributed by atoms with van der Waals surface area (Å²) in [4.78, 5) is 21.1. The molecule has 0 heterocycles. The van der Waals surface area contributed by atoms with Gasteiger partial charge < -0.3 is 15.6 Å². The molecule has 1 aliphatic carbocycles. The quantitative estimate of drug-likeness (QED) is 0.638. The maximum Gasteiger partial charge on any atom is 0.323 e. The molecule has 0 bridgehead atoms. The number of aliphatic carboxylic acids is 1. The Balaban J connectivity index is 2.20. The first-order valence-corrected chi connectivity index (χ1v) is 5.95. The lowest BCUT2D eigenvalue weighted by molar-refractivity contribution is -0.386. The summed E-state index contributed by atoms with van der Waals surface area (Å²) in [5.74, 6) is -2.49. The van der Waals surface area contributed by atoms with Crippen molar-refractivity contribution >= 4 is 11.7 Å². The Bertz CT molecular complexity index is 565. The molecule has 108 valence electrons. The van der Waals surface area contributed by atoms with Crippen molar-refractivity contribution in [2.24, 2.45) is 5.73 Å². The number of para-hydroxylation sites is 1. The molecular formula is C12H13FN2O5. The van der Waals surface area contributed by atoms with E-state index in [0.29, 0.717) is 6.42 Å². The Morgan fingerprint density at radius 3 is 2.85 bits per heavy atom. The number of carboxylic acids is 1. The van der Waals surface area contributed by atoms with Gasteiger partial charge in [0.1, 0.15) is 11.6 Å². The van der Waals surface area contributed by atoms with Gasteiger partial charge >= 0.3 is 11.7 Å². The van der Waals surface area contributed by atoms with Crippen LogP contribution in [-0.2, 0) is 4.79 Å². The average Bonchev–Trinajstić information content (AvgIpc) is 2.75. The number of nitrogens with zero attached hydrogens (tertiary/aromatic N) is 1. The summed E-state index contributed by atoms with van der Waals surface area (Å²) in [6, 6.07) is 3.38. The molecule has 3 N–H and O–H groups in total. The van der Waals surface area contributed by atoms with Crippen LogP contribution < -0.4 is 10.5 Å². The highest BCUT2D eigenvalue weighted by molar-refractivity contribution is 5.79. The number of benzene rings is 1. The van der Waals surface area contributed by atoms with Crippen molar-refractivity contribution in [1.29, 1.82) is 0 Å². The van der Waals surface area contributed by atoms with E-state index in [0.717, 1.165) is 12.1 Å². The number of nitro groups is 1. The van der Waals surface area contributed by atoms with Crippen LogP contribution in [-0.4, -0.2) is 27.6 Å². The SMILES string of the molecule is NC1(C(=O)O)CCC(Oc2c(F)cccc2[N+](=O)[O-])C1. The number of nitro benzene ring substituents is 1. The number of hydrogen-bond acceptors (Lipinski definition) is 5. The average molecular weight is 284 g/mol. The first-order chi connectivity index (χ1) is 9.33. The van der Waals surface area contributed by atoms with Crippen LogP contribution in [0, 0.1) is 15.9 Å². The molecule has 1 fully saturated rings. The molecule has 7 nitrogen and oxygen atoms in total. The number of ether oxygens (including phenoxy) is 1. The number of nitrogens with two attached hydrogens (primary N) is 1. The highest BCUT2D eigenvalue weighted by atomic mass is 19.1. The van der Waals surface area contributed by atoms with E-state index in [1.807, 2.05) is 0 Å². The minimum Gasteiger partial charge on any atom is -0.481 e. The monoisotopic (exact) mass is 284 g/mol. The third kappa shape index (κ3) is 2.55. The van der Waals surface area contributed by atoms with Crippen LogP contribution in [0.2, 0.25) is 0 Å². The Hall–Kier alpha value is -2.22. The third-order valence-electron chi connectivity index (χ3n) is 3.36. The number of carbonyl (C=O) groups is 1. The number of halogens is 1. The highest BCUT2D eigenvalue weighted by Gasteiger charge is 2.43. The van der Waals surface area contributed by atoms with E-state index in [9.17, 15) is 19.3 Å². The maximum absolute atomic E-state index is 13.6.